The predicted molar refractivity (Wildman–Crippen MR) is 250 cm³/mol. The van der Waals surface area contributed by atoms with Crippen molar-refractivity contribution in [2.75, 3.05) is 0 Å². The molecular formula is C48H36Cl6FN5O6. The number of aromatic nitrogens is 5. The van der Waals surface area contributed by atoms with Crippen LogP contribution in [0.1, 0.15) is 95.3 Å². The van der Waals surface area contributed by atoms with Gasteiger partial charge in [-0.25, -0.2) is 9.07 Å². The summed E-state index contributed by atoms with van der Waals surface area (Å²) in [5, 5.41) is 5.30. The van der Waals surface area contributed by atoms with Crippen molar-refractivity contribution in [2.45, 2.75) is 63.2 Å². The first-order chi connectivity index (χ1) is 31.6. The minimum Gasteiger partial charge on any atom is -0.298 e. The molecule has 4 aromatic heterocycles. The third kappa shape index (κ3) is 11.1. The number of hydrogen-bond acceptors (Lipinski definition) is 10. The molecule has 338 valence electrons. The fourth-order valence-corrected chi connectivity index (χ4v) is 9.86. The molecule has 2 fully saturated rings. The molecule has 0 aliphatic heterocycles. The van der Waals surface area contributed by atoms with Gasteiger partial charge < -0.3 is 0 Å². The van der Waals surface area contributed by atoms with Gasteiger partial charge in [0.1, 0.15) is 40.5 Å². The molecule has 0 bridgehead atoms. The zero-order valence-electron chi connectivity index (χ0n) is 34.5. The lowest BCUT2D eigenvalue weighted by Gasteiger charge is -2.15. The normalized spacial score (nSPS) is 18.1. The van der Waals surface area contributed by atoms with Crippen LogP contribution in [0.5, 0.6) is 0 Å². The van der Waals surface area contributed by atoms with Crippen LogP contribution in [0.15, 0.2) is 97.7 Å². The van der Waals surface area contributed by atoms with Gasteiger partial charge in [0, 0.05) is 99.1 Å². The van der Waals surface area contributed by atoms with Gasteiger partial charge >= 0.3 is 0 Å². The minimum atomic E-state index is -1.09. The van der Waals surface area contributed by atoms with Crippen LogP contribution in [0.2, 0.25) is 30.1 Å². The topological polar surface area (TPSA) is 159 Å². The number of carbonyl (C=O) groups is 6. The number of carbonyl (C=O) groups excluding carboxylic acids is 6. The molecule has 0 N–H and O–H groups in total. The van der Waals surface area contributed by atoms with Crippen LogP contribution in [0.25, 0.3) is 16.9 Å². The van der Waals surface area contributed by atoms with Crippen molar-refractivity contribution in [1.82, 2.24) is 24.7 Å². The molecule has 66 heavy (non-hydrogen) atoms. The van der Waals surface area contributed by atoms with Crippen LogP contribution in [0, 0.1) is 17.7 Å². The van der Waals surface area contributed by atoms with Gasteiger partial charge in [-0.3, -0.25) is 43.7 Å². The molecule has 0 amide bonds. The Balaban J connectivity index is 0.000000197. The summed E-state index contributed by atoms with van der Waals surface area (Å²) in [5.41, 5.74) is 2.17. The van der Waals surface area contributed by atoms with Crippen molar-refractivity contribution >= 4 is 104 Å². The van der Waals surface area contributed by atoms with Gasteiger partial charge in [-0.2, -0.15) is 5.10 Å². The van der Waals surface area contributed by atoms with Crippen molar-refractivity contribution in [3.63, 3.8) is 0 Å². The second-order valence-corrected chi connectivity index (χ2v) is 18.2. The molecular weight excluding hydrogens is 974 g/mol. The summed E-state index contributed by atoms with van der Waals surface area (Å²) in [6.45, 7) is 0. The van der Waals surface area contributed by atoms with E-state index >= 15 is 0 Å². The van der Waals surface area contributed by atoms with Crippen LogP contribution >= 0.6 is 69.6 Å². The predicted octanol–water partition coefficient (Wildman–Crippen LogP) is 12.1. The summed E-state index contributed by atoms with van der Waals surface area (Å²) < 4.78 is 15.8. The molecule has 18 heteroatoms. The monoisotopic (exact) mass is 1010 g/mol. The summed E-state index contributed by atoms with van der Waals surface area (Å²) in [7, 11) is 0. The van der Waals surface area contributed by atoms with E-state index in [1.165, 1.54) is 29.2 Å². The molecule has 8 rings (SSSR count). The number of pyridine rings is 3. The lowest BCUT2D eigenvalue weighted by atomic mass is 9.91. The molecule has 2 aliphatic carbocycles. The van der Waals surface area contributed by atoms with Gasteiger partial charge in [0.2, 0.25) is 0 Å². The standard InChI is InChI=1S/C25H18Cl3FN2O3.C23H18Cl3N3O3/c26-15-11-18(29)24(31-12-15)14-8-16(27)22(17(28)9-14)23-21(33)10-13(25(23)34)4-3-6-20(32)19-5-1-2-7-30-19;24-14-11-28-29(12-14)15-9-16(25)21(17(26)10-15)22-20(31)8-13(23(22)32)4-3-6-19(30)18-5-1-2-7-27-18/h1-2,5,7-9,11-13,23H,3-4,6,10H2;1-2,5,7,9-13,22H,3-4,6,8H2. The highest BCUT2D eigenvalue weighted by atomic mass is 35.5. The number of hydrogen-bond donors (Lipinski definition) is 0. The molecule has 4 heterocycles. The molecule has 2 saturated carbocycles. The Bertz CT molecular complexity index is 2820. The fourth-order valence-electron chi connectivity index (χ4n) is 8.18. The van der Waals surface area contributed by atoms with Gasteiger partial charge in [0.05, 0.1) is 21.9 Å². The van der Waals surface area contributed by atoms with Gasteiger partial charge in [0.25, 0.3) is 0 Å². The Morgan fingerprint density at radius 1 is 0.621 bits per heavy atom. The molecule has 2 aromatic carbocycles. The van der Waals surface area contributed by atoms with Crippen molar-refractivity contribution in [2.24, 2.45) is 11.8 Å². The molecule has 0 spiro atoms. The third-order valence-corrected chi connectivity index (χ3v) is 13.0. The van der Waals surface area contributed by atoms with E-state index < -0.39 is 29.5 Å². The number of nitrogens with zero attached hydrogens (tertiary/aromatic N) is 5. The number of Topliss-reactive ketones (excluding diaryl/α,β-unsaturated/α-hetero) is 6. The van der Waals surface area contributed by atoms with Crippen molar-refractivity contribution in [3.8, 4) is 16.9 Å². The van der Waals surface area contributed by atoms with Crippen LogP contribution in [-0.2, 0) is 19.2 Å². The molecule has 0 saturated heterocycles. The minimum absolute atomic E-state index is 0.000672. The highest BCUT2D eigenvalue weighted by Crippen LogP contribution is 2.44. The molecule has 2 aliphatic rings. The van der Waals surface area contributed by atoms with Gasteiger partial charge in [0.15, 0.2) is 29.0 Å². The van der Waals surface area contributed by atoms with Crippen LogP contribution in [0.3, 0.4) is 0 Å². The van der Waals surface area contributed by atoms with E-state index in [1.807, 2.05) is 0 Å². The zero-order chi connectivity index (χ0) is 47.2. The van der Waals surface area contributed by atoms with Crippen molar-refractivity contribution < 1.29 is 33.2 Å². The second kappa shape index (κ2) is 21.6. The maximum Gasteiger partial charge on any atom is 0.181 e. The molecule has 4 unspecified atom stereocenters. The Morgan fingerprint density at radius 3 is 1.53 bits per heavy atom. The summed E-state index contributed by atoms with van der Waals surface area (Å²) in [6, 6.07) is 17.4. The lowest BCUT2D eigenvalue weighted by Crippen LogP contribution is -2.17. The van der Waals surface area contributed by atoms with E-state index in [1.54, 1.807) is 67.1 Å². The Labute approximate surface area is 408 Å². The number of rotatable bonds is 14. The van der Waals surface area contributed by atoms with Crippen molar-refractivity contribution in [3.05, 3.63) is 156 Å². The van der Waals surface area contributed by atoms with Crippen molar-refractivity contribution in [1.29, 1.82) is 0 Å². The van der Waals surface area contributed by atoms with Gasteiger partial charge in [-0.15, -0.1) is 0 Å². The first-order valence-electron chi connectivity index (χ1n) is 20.6. The van der Waals surface area contributed by atoms with Crippen LogP contribution in [-0.4, -0.2) is 59.4 Å². The maximum atomic E-state index is 14.3. The summed E-state index contributed by atoms with van der Waals surface area (Å²) in [6.07, 6.45) is 9.94. The van der Waals surface area contributed by atoms with Crippen LogP contribution in [0.4, 0.5) is 4.39 Å². The van der Waals surface area contributed by atoms with E-state index in [-0.39, 0.29) is 96.8 Å². The Hall–Kier alpha value is -5.21. The number of halogens is 7. The number of benzene rings is 2. The summed E-state index contributed by atoms with van der Waals surface area (Å²) in [5.74, 6) is -4.89. The largest absolute Gasteiger partial charge is 0.298 e. The summed E-state index contributed by atoms with van der Waals surface area (Å²) in [4.78, 5) is 88.2. The number of ketones is 6. The highest BCUT2D eigenvalue weighted by molar-refractivity contribution is 6.39. The van der Waals surface area contributed by atoms with E-state index in [0.717, 1.165) is 6.07 Å². The quantitative estimate of drug-likeness (QED) is 0.0759. The lowest BCUT2D eigenvalue weighted by molar-refractivity contribution is -0.126. The second-order valence-electron chi connectivity index (χ2n) is 15.7. The average Bonchev–Trinajstić information content (AvgIpc) is 3.94. The van der Waals surface area contributed by atoms with Crippen LogP contribution < -0.4 is 0 Å². The van der Waals surface area contributed by atoms with E-state index in [0.29, 0.717) is 58.9 Å². The van der Waals surface area contributed by atoms with Gasteiger partial charge in [-0.1, -0.05) is 81.7 Å². The zero-order valence-corrected chi connectivity index (χ0v) is 39.1. The Morgan fingerprint density at radius 2 is 1.11 bits per heavy atom. The van der Waals surface area contributed by atoms with E-state index in [4.69, 9.17) is 69.6 Å². The fraction of sp³-hybridized carbons (Fsp3) is 0.250. The van der Waals surface area contributed by atoms with E-state index in [9.17, 15) is 33.2 Å². The first-order valence-corrected chi connectivity index (χ1v) is 22.9. The van der Waals surface area contributed by atoms with E-state index in [2.05, 4.69) is 20.1 Å². The summed E-state index contributed by atoms with van der Waals surface area (Å²) >= 11 is 37.4. The molecule has 6 aromatic rings. The van der Waals surface area contributed by atoms with Gasteiger partial charge in [-0.05, 0) is 80.3 Å². The maximum absolute atomic E-state index is 14.3. The third-order valence-electron chi connectivity index (χ3n) is 11.3. The highest BCUT2D eigenvalue weighted by Gasteiger charge is 2.45. The SMILES string of the molecule is O=C(CCCC1CC(=O)C(c2c(Cl)cc(-c3ncc(Cl)cc3F)cc2Cl)C1=O)c1ccccn1.O=C(CCCC1CC(=O)C(c2c(Cl)cc(-n3cc(Cl)cn3)cc2Cl)C1=O)c1ccccn1. The first kappa shape index (κ1) is 48.7. The molecule has 11 nitrogen and oxygen atoms in total. The Kier molecular flexibility index (Phi) is 16.0. The smallest absolute Gasteiger partial charge is 0.181 e. The molecule has 4 atom stereocenters. The average molecular weight is 1010 g/mol. The molecule has 0 radical (unpaired) electrons.